The molecule has 1 heterocycles. The van der Waals surface area contributed by atoms with E-state index in [1.807, 2.05) is 6.92 Å². The Morgan fingerprint density at radius 1 is 1.78 bits per heavy atom. The van der Waals surface area contributed by atoms with Crippen LogP contribution in [-0.2, 0) is 4.74 Å². The van der Waals surface area contributed by atoms with Crippen molar-refractivity contribution in [2.75, 3.05) is 13.2 Å². The molecular formula is C7H13FO. The van der Waals surface area contributed by atoms with Crippen molar-refractivity contribution >= 4 is 0 Å². The molecule has 0 spiro atoms. The Morgan fingerprint density at radius 2 is 2.56 bits per heavy atom. The summed E-state index contributed by atoms with van der Waals surface area (Å²) in [5, 5.41) is 0. The molecule has 0 N–H and O–H groups in total. The number of ether oxygens (including phenoxy) is 1. The summed E-state index contributed by atoms with van der Waals surface area (Å²) in [6, 6.07) is 0. The van der Waals surface area contributed by atoms with Crippen LogP contribution < -0.4 is 0 Å². The van der Waals surface area contributed by atoms with Gasteiger partial charge in [-0.1, -0.05) is 6.92 Å². The molecule has 1 saturated heterocycles. The van der Waals surface area contributed by atoms with Crippen molar-refractivity contribution < 1.29 is 9.13 Å². The van der Waals surface area contributed by atoms with E-state index in [0.29, 0.717) is 13.0 Å². The van der Waals surface area contributed by atoms with E-state index < -0.39 is 6.17 Å². The molecule has 2 atom stereocenters. The predicted octanol–water partition coefficient (Wildman–Crippen LogP) is 1.77. The van der Waals surface area contributed by atoms with Crippen LogP contribution in [0, 0.1) is 5.92 Å². The third-order valence-electron chi connectivity index (χ3n) is 1.87. The normalized spacial score (nSPS) is 30.7. The van der Waals surface area contributed by atoms with Crippen LogP contribution in [0.15, 0.2) is 0 Å². The zero-order valence-electron chi connectivity index (χ0n) is 5.77. The number of halogens is 1. The van der Waals surface area contributed by atoms with Crippen LogP contribution in [0.4, 0.5) is 4.39 Å². The number of hydrogen-bond donors (Lipinski definition) is 0. The number of alkyl halides is 1. The van der Waals surface area contributed by atoms with E-state index in [4.69, 9.17) is 4.74 Å². The first-order valence-electron chi connectivity index (χ1n) is 3.56. The van der Waals surface area contributed by atoms with Crippen LogP contribution in [0.2, 0.25) is 0 Å². The summed E-state index contributed by atoms with van der Waals surface area (Å²) in [7, 11) is 0. The van der Waals surface area contributed by atoms with Gasteiger partial charge in [-0.2, -0.15) is 0 Å². The fourth-order valence-electron chi connectivity index (χ4n) is 1.17. The molecule has 2 heteroatoms. The topological polar surface area (TPSA) is 9.23 Å². The molecule has 1 aliphatic rings. The second kappa shape index (κ2) is 3.16. The molecule has 0 bridgehead atoms. The molecule has 0 aromatic heterocycles. The first kappa shape index (κ1) is 7.00. The van der Waals surface area contributed by atoms with E-state index in [1.165, 1.54) is 0 Å². The van der Waals surface area contributed by atoms with Gasteiger partial charge < -0.3 is 4.74 Å². The lowest BCUT2D eigenvalue weighted by atomic mass is 10.0. The molecule has 0 saturated carbocycles. The first-order chi connectivity index (χ1) is 4.34. The van der Waals surface area contributed by atoms with E-state index in [0.717, 1.165) is 13.0 Å². The van der Waals surface area contributed by atoms with Gasteiger partial charge in [0, 0.05) is 12.5 Å². The molecule has 1 nitrogen and oxygen atoms in total. The lowest BCUT2D eigenvalue weighted by molar-refractivity contribution is 0.153. The third kappa shape index (κ3) is 1.65. The summed E-state index contributed by atoms with van der Waals surface area (Å²) in [5.41, 5.74) is 0. The minimum atomic E-state index is -0.632. The minimum absolute atomic E-state index is 0.190. The van der Waals surface area contributed by atoms with Gasteiger partial charge in [-0.15, -0.1) is 0 Å². The zero-order chi connectivity index (χ0) is 6.69. The molecule has 0 aliphatic carbocycles. The van der Waals surface area contributed by atoms with E-state index in [1.54, 1.807) is 0 Å². The van der Waals surface area contributed by atoms with Crippen molar-refractivity contribution in [1.82, 2.24) is 0 Å². The van der Waals surface area contributed by atoms with Gasteiger partial charge in [0.1, 0.15) is 6.17 Å². The number of rotatable bonds is 2. The summed E-state index contributed by atoms with van der Waals surface area (Å²) < 4.78 is 17.8. The average molecular weight is 132 g/mol. The largest absolute Gasteiger partial charge is 0.381 e. The summed E-state index contributed by atoms with van der Waals surface area (Å²) in [4.78, 5) is 0. The van der Waals surface area contributed by atoms with Crippen LogP contribution in [0.25, 0.3) is 0 Å². The summed E-state index contributed by atoms with van der Waals surface area (Å²) >= 11 is 0. The van der Waals surface area contributed by atoms with Gasteiger partial charge in [-0.25, -0.2) is 4.39 Å². The van der Waals surface area contributed by atoms with Crippen LogP contribution in [-0.4, -0.2) is 19.4 Å². The Bertz CT molecular complexity index is 79.0. The maximum absolute atomic E-state index is 12.8. The minimum Gasteiger partial charge on any atom is -0.381 e. The van der Waals surface area contributed by atoms with Gasteiger partial charge in [0.2, 0.25) is 0 Å². The molecule has 1 aliphatic heterocycles. The summed E-state index contributed by atoms with van der Waals surface area (Å²) in [6.45, 7) is 3.27. The summed E-state index contributed by atoms with van der Waals surface area (Å²) in [6.07, 6.45) is 0.913. The Kier molecular flexibility index (Phi) is 2.46. The molecule has 0 aromatic carbocycles. The second-order valence-electron chi connectivity index (χ2n) is 2.55. The Balaban J connectivity index is 2.24. The van der Waals surface area contributed by atoms with Crippen molar-refractivity contribution in [3.05, 3.63) is 0 Å². The van der Waals surface area contributed by atoms with E-state index >= 15 is 0 Å². The summed E-state index contributed by atoms with van der Waals surface area (Å²) in [5.74, 6) is 0.190. The highest BCUT2D eigenvalue weighted by Crippen LogP contribution is 2.20. The van der Waals surface area contributed by atoms with Gasteiger partial charge >= 0.3 is 0 Å². The van der Waals surface area contributed by atoms with Crippen molar-refractivity contribution in [3.8, 4) is 0 Å². The molecule has 0 amide bonds. The molecule has 1 unspecified atom stereocenters. The third-order valence-corrected chi connectivity index (χ3v) is 1.87. The lowest BCUT2D eigenvalue weighted by Crippen LogP contribution is -2.14. The maximum atomic E-state index is 12.8. The van der Waals surface area contributed by atoms with Crippen LogP contribution >= 0.6 is 0 Å². The van der Waals surface area contributed by atoms with Gasteiger partial charge in [0.05, 0.1) is 6.61 Å². The highest BCUT2D eigenvalue weighted by molar-refractivity contribution is 4.71. The molecule has 54 valence electrons. The molecule has 1 rings (SSSR count). The quantitative estimate of drug-likeness (QED) is 0.556. The monoisotopic (exact) mass is 132 g/mol. The van der Waals surface area contributed by atoms with E-state index in [2.05, 4.69) is 0 Å². The van der Waals surface area contributed by atoms with Crippen LogP contribution in [0.3, 0.4) is 0 Å². The van der Waals surface area contributed by atoms with Gasteiger partial charge in [-0.3, -0.25) is 0 Å². The van der Waals surface area contributed by atoms with Gasteiger partial charge in [0.15, 0.2) is 0 Å². The maximum Gasteiger partial charge on any atom is 0.105 e. The predicted molar refractivity (Wildman–Crippen MR) is 34.1 cm³/mol. The molecule has 9 heavy (non-hydrogen) atoms. The standard InChI is InChI=1S/C7H13FO/c1-2-7(8)6-3-4-9-5-6/h6-7H,2-5H2,1H3/t6-,7?/m1/s1. The Morgan fingerprint density at radius 3 is 3.00 bits per heavy atom. The van der Waals surface area contributed by atoms with E-state index in [-0.39, 0.29) is 5.92 Å². The van der Waals surface area contributed by atoms with Crippen LogP contribution in [0.1, 0.15) is 19.8 Å². The van der Waals surface area contributed by atoms with Gasteiger partial charge in [-0.05, 0) is 12.8 Å². The highest BCUT2D eigenvalue weighted by Gasteiger charge is 2.23. The van der Waals surface area contributed by atoms with Crippen molar-refractivity contribution in [1.29, 1.82) is 0 Å². The van der Waals surface area contributed by atoms with Gasteiger partial charge in [0.25, 0.3) is 0 Å². The Labute approximate surface area is 55.2 Å². The number of hydrogen-bond acceptors (Lipinski definition) is 1. The zero-order valence-corrected chi connectivity index (χ0v) is 5.77. The highest BCUT2D eigenvalue weighted by atomic mass is 19.1. The SMILES string of the molecule is CCC(F)[C@@H]1CCOC1. The Hall–Kier alpha value is -0.110. The fraction of sp³-hybridized carbons (Fsp3) is 1.00. The second-order valence-corrected chi connectivity index (χ2v) is 2.55. The van der Waals surface area contributed by atoms with Crippen molar-refractivity contribution in [3.63, 3.8) is 0 Å². The van der Waals surface area contributed by atoms with Crippen molar-refractivity contribution in [2.45, 2.75) is 25.9 Å². The van der Waals surface area contributed by atoms with Crippen molar-refractivity contribution in [2.24, 2.45) is 5.92 Å². The van der Waals surface area contributed by atoms with E-state index in [9.17, 15) is 4.39 Å². The van der Waals surface area contributed by atoms with Crippen LogP contribution in [0.5, 0.6) is 0 Å². The first-order valence-corrected chi connectivity index (χ1v) is 3.56. The smallest absolute Gasteiger partial charge is 0.105 e. The average Bonchev–Trinajstić information content (AvgIpc) is 2.37. The fourth-order valence-corrected chi connectivity index (χ4v) is 1.17. The molecule has 0 radical (unpaired) electrons. The lowest BCUT2D eigenvalue weighted by Gasteiger charge is -2.09. The molecule has 1 fully saturated rings. The molecular weight excluding hydrogens is 119 g/mol. The molecule has 0 aromatic rings.